The summed E-state index contributed by atoms with van der Waals surface area (Å²) < 4.78 is 5.28. The molecule has 0 bridgehead atoms. The number of esters is 1. The van der Waals surface area contributed by atoms with Gasteiger partial charge in [-0.2, -0.15) is 0 Å². The highest BCUT2D eigenvalue weighted by atomic mass is 16.5. The fourth-order valence-electron chi connectivity index (χ4n) is 2.52. The minimum absolute atomic E-state index is 0.132. The zero-order valence-corrected chi connectivity index (χ0v) is 22.4. The average Bonchev–Trinajstić information content (AvgIpc) is 2.76. The summed E-state index contributed by atoms with van der Waals surface area (Å²) >= 11 is 0. The Morgan fingerprint density at radius 3 is 1.79 bits per heavy atom. The number of nitrogens with one attached hydrogen (secondary N) is 3. The smallest absolute Gasteiger partial charge is 0.311 e. The zero-order valence-electron chi connectivity index (χ0n) is 22.4. The molecule has 3 N–H and O–H groups in total. The van der Waals surface area contributed by atoms with E-state index >= 15 is 0 Å². The molecule has 8 nitrogen and oxygen atoms in total. The van der Waals surface area contributed by atoms with Crippen molar-refractivity contribution < 1.29 is 23.9 Å². The summed E-state index contributed by atoms with van der Waals surface area (Å²) in [5.41, 5.74) is 0.777. The van der Waals surface area contributed by atoms with Crippen molar-refractivity contribution in [3.8, 4) is 0 Å². The van der Waals surface area contributed by atoms with E-state index in [1.165, 1.54) is 0 Å². The highest BCUT2D eigenvalue weighted by Crippen LogP contribution is 2.17. The van der Waals surface area contributed by atoms with Gasteiger partial charge in [0.15, 0.2) is 0 Å². The number of anilines is 1. The normalized spacial score (nSPS) is 12.7. The first kappa shape index (κ1) is 31.1. The summed E-state index contributed by atoms with van der Waals surface area (Å²) in [5, 5.41) is 8.13. The van der Waals surface area contributed by atoms with E-state index < -0.39 is 23.4 Å². The standard InChI is InChI=1S/C24H37N3O5.C2H6/c1-14(2)19(27-20(28)15(3)4)22(30)25-16(5)21(29)26-18-11-9-17(10-12-18)13-32-23(31)24(6,7)8;1-2/h9-12,14-16,19H,13H2,1-8H3,(H,25,30)(H,26,29)(H,27,28);1-2H3. The highest BCUT2D eigenvalue weighted by molar-refractivity contribution is 5.98. The largest absolute Gasteiger partial charge is 0.460 e. The minimum Gasteiger partial charge on any atom is -0.460 e. The molecule has 2 atom stereocenters. The number of ether oxygens (including phenoxy) is 1. The van der Waals surface area contributed by atoms with Crippen molar-refractivity contribution in [2.75, 3.05) is 5.32 Å². The summed E-state index contributed by atoms with van der Waals surface area (Å²) in [6.07, 6.45) is 0. The molecule has 0 aliphatic rings. The van der Waals surface area contributed by atoms with Gasteiger partial charge >= 0.3 is 5.97 Å². The van der Waals surface area contributed by atoms with Gasteiger partial charge in [-0.1, -0.05) is 53.7 Å². The number of hydrogen-bond donors (Lipinski definition) is 3. The first-order valence-corrected chi connectivity index (χ1v) is 11.9. The van der Waals surface area contributed by atoms with Crippen LogP contribution in [-0.2, 0) is 30.5 Å². The summed E-state index contributed by atoms with van der Waals surface area (Å²) in [6, 6.07) is 5.39. The molecule has 0 aliphatic carbocycles. The van der Waals surface area contributed by atoms with Crippen molar-refractivity contribution >= 4 is 29.4 Å². The number of carbonyl (C=O) groups excluding carboxylic acids is 4. The van der Waals surface area contributed by atoms with E-state index in [4.69, 9.17) is 4.74 Å². The Bertz CT molecular complexity index is 811. The van der Waals surface area contributed by atoms with Crippen LogP contribution in [0.15, 0.2) is 24.3 Å². The molecular weight excluding hydrogens is 434 g/mol. The molecule has 1 aromatic carbocycles. The molecule has 0 aromatic heterocycles. The molecule has 0 saturated carbocycles. The van der Waals surface area contributed by atoms with E-state index in [-0.39, 0.29) is 36.2 Å². The second-order valence-corrected chi connectivity index (χ2v) is 9.63. The Balaban J connectivity index is 0.00000529. The van der Waals surface area contributed by atoms with E-state index in [1.807, 2.05) is 27.7 Å². The fraction of sp³-hybridized carbons (Fsp3) is 0.615. The van der Waals surface area contributed by atoms with Crippen LogP contribution >= 0.6 is 0 Å². The van der Waals surface area contributed by atoms with E-state index in [1.54, 1.807) is 65.8 Å². The van der Waals surface area contributed by atoms with Gasteiger partial charge in [-0.15, -0.1) is 0 Å². The summed E-state index contributed by atoms with van der Waals surface area (Å²) in [5.74, 6) is -1.68. The van der Waals surface area contributed by atoms with Crippen LogP contribution in [0.5, 0.6) is 0 Å². The van der Waals surface area contributed by atoms with Gasteiger partial charge in [0.2, 0.25) is 17.7 Å². The van der Waals surface area contributed by atoms with Gasteiger partial charge < -0.3 is 20.7 Å². The predicted octanol–water partition coefficient (Wildman–Crippen LogP) is 4.04. The third-order valence-corrected chi connectivity index (χ3v) is 4.73. The van der Waals surface area contributed by atoms with Gasteiger partial charge in [0.25, 0.3) is 0 Å². The molecule has 0 spiro atoms. The van der Waals surface area contributed by atoms with Crippen LogP contribution in [0.1, 0.15) is 74.8 Å². The molecule has 1 rings (SSSR count). The monoisotopic (exact) mass is 477 g/mol. The third kappa shape index (κ3) is 10.8. The number of benzene rings is 1. The molecule has 8 heteroatoms. The van der Waals surface area contributed by atoms with Gasteiger partial charge in [-0.3, -0.25) is 19.2 Å². The zero-order chi connectivity index (χ0) is 26.6. The van der Waals surface area contributed by atoms with Crippen LogP contribution in [0.3, 0.4) is 0 Å². The maximum atomic E-state index is 12.6. The van der Waals surface area contributed by atoms with Crippen molar-refractivity contribution in [3.05, 3.63) is 29.8 Å². The molecule has 1 aromatic rings. The molecule has 0 saturated heterocycles. The van der Waals surface area contributed by atoms with Crippen LogP contribution < -0.4 is 16.0 Å². The Morgan fingerprint density at radius 2 is 1.35 bits per heavy atom. The molecule has 3 amide bonds. The highest BCUT2D eigenvalue weighted by Gasteiger charge is 2.27. The van der Waals surface area contributed by atoms with Crippen LogP contribution in [0.4, 0.5) is 5.69 Å². The van der Waals surface area contributed by atoms with E-state index in [2.05, 4.69) is 16.0 Å². The maximum Gasteiger partial charge on any atom is 0.311 e. The van der Waals surface area contributed by atoms with Crippen molar-refractivity contribution in [1.82, 2.24) is 10.6 Å². The second kappa shape index (κ2) is 14.4. The number of carbonyl (C=O) groups is 4. The third-order valence-electron chi connectivity index (χ3n) is 4.73. The minimum atomic E-state index is -0.799. The van der Waals surface area contributed by atoms with Crippen molar-refractivity contribution in [2.45, 2.75) is 87.9 Å². The SMILES string of the molecule is CC.CC(C)C(=O)NC(C(=O)NC(C)C(=O)Nc1ccc(COC(=O)C(C)(C)C)cc1)C(C)C. The molecule has 192 valence electrons. The summed E-state index contributed by atoms with van der Waals surface area (Å²) in [7, 11) is 0. The first-order valence-electron chi connectivity index (χ1n) is 11.9. The molecular formula is C26H43N3O5. The van der Waals surface area contributed by atoms with Crippen molar-refractivity contribution in [1.29, 1.82) is 0 Å². The van der Waals surface area contributed by atoms with Gasteiger partial charge in [0.1, 0.15) is 18.7 Å². The van der Waals surface area contributed by atoms with Crippen molar-refractivity contribution in [2.24, 2.45) is 17.3 Å². The average molecular weight is 478 g/mol. The molecule has 0 aliphatic heterocycles. The topological polar surface area (TPSA) is 114 Å². The van der Waals surface area contributed by atoms with Gasteiger partial charge in [-0.25, -0.2) is 0 Å². The fourth-order valence-corrected chi connectivity index (χ4v) is 2.52. The summed E-state index contributed by atoms with van der Waals surface area (Å²) in [4.78, 5) is 48.9. The number of amides is 3. The van der Waals surface area contributed by atoms with Gasteiger partial charge in [0, 0.05) is 11.6 Å². The number of rotatable bonds is 9. The number of hydrogen-bond acceptors (Lipinski definition) is 5. The lowest BCUT2D eigenvalue weighted by Gasteiger charge is -2.24. The second-order valence-electron chi connectivity index (χ2n) is 9.63. The van der Waals surface area contributed by atoms with Crippen molar-refractivity contribution in [3.63, 3.8) is 0 Å². The molecule has 0 heterocycles. The molecule has 0 radical (unpaired) electrons. The summed E-state index contributed by atoms with van der Waals surface area (Å²) in [6.45, 7) is 18.2. The first-order chi connectivity index (χ1) is 15.7. The Hall–Kier alpha value is -2.90. The molecule has 0 fully saturated rings. The lowest BCUT2D eigenvalue weighted by atomic mass is 9.97. The quantitative estimate of drug-likeness (QED) is 0.465. The maximum absolute atomic E-state index is 12.6. The van der Waals surface area contributed by atoms with Crippen LogP contribution in [0.2, 0.25) is 0 Å². The Morgan fingerprint density at radius 1 is 0.824 bits per heavy atom. The van der Waals surface area contributed by atoms with Gasteiger partial charge in [-0.05, 0) is 51.3 Å². The van der Waals surface area contributed by atoms with Gasteiger partial charge in [0.05, 0.1) is 5.41 Å². The Kier molecular flexibility index (Phi) is 13.2. The van der Waals surface area contributed by atoms with Crippen LogP contribution in [0, 0.1) is 17.3 Å². The van der Waals surface area contributed by atoms with Crippen LogP contribution in [-0.4, -0.2) is 35.8 Å². The lowest BCUT2D eigenvalue weighted by molar-refractivity contribution is -0.154. The van der Waals surface area contributed by atoms with E-state index in [0.29, 0.717) is 5.69 Å². The Labute approximate surface area is 204 Å². The van der Waals surface area contributed by atoms with Crippen LogP contribution in [0.25, 0.3) is 0 Å². The molecule has 2 unspecified atom stereocenters. The van der Waals surface area contributed by atoms with E-state index in [9.17, 15) is 19.2 Å². The van der Waals surface area contributed by atoms with E-state index in [0.717, 1.165) is 5.56 Å². The molecule has 34 heavy (non-hydrogen) atoms. The predicted molar refractivity (Wildman–Crippen MR) is 135 cm³/mol. The lowest BCUT2D eigenvalue weighted by Crippen LogP contribution is -2.54.